The summed E-state index contributed by atoms with van der Waals surface area (Å²) in [5.74, 6) is 0.477. The lowest BCUT2D eigenvalue weighted by Crippen LogP contribution is -2.19. The van der Waals surface area contributed by atoms with Gasteiger partial charge in [0.2, 0.25) is 0 Å². The van der Waals surface area contributed by atoms with E-state index in [-0.39, 0.29) is 5.25 Å². The van der Waals surface area contributed by atoms with Gasteiger partial charge in [0.25, 0.3) is 0 Å². The van der Waals surface area contributed by atoms with Crippen LogP contribution in [0.2, 0.25) is 0 Å². The van der Waals surface area contributed by atoms with E-state index in [9.17, 15) is 4.21 Å². The number of nitrogens with one attached hydrogen (secondary N) is 1. The van der Waals surface area contributed by atoms with Crippen LogP contribution in [0, 0.1) is 6.92 Å². The Morgan fingerprint density at radius 3 is 3.00 bits per heavy atom. The van der Waals surface area contributed by atoms with Gasteiger partial charge >= 0.3 is 0 Å². The fourth-order valence-corrected chi connectivity index (χ4v) is 4.77. The van der Waals surface area contributed by atoms with E-state index in [0.29, 0.717) is 11.1 Å². The van der Waals surface area contributed by atoms with Crippen LogP contribution >= 0.6 is 0 Å². The minimum atomic E-state index is -1.21. The predicted molar refractivity (Wildman–Crippen MR) is 91.9 cm³/mol. The molecule has 0 saturated carbocycles. The van der Waals surface area contributed by atoms with Crippen LogP contribution in [-0.4, -0.2) is 19.2 Å². The number of hydrogen-bond donors (Lipinski definition) is 1. The smallest absolute Gasteiger partial charge is 0.198 e. The van der Waals surface area contributed by atoms with E-state index in [0.717, 1.165) is 35.1 Å². The molecular weight excluding hydrogens is 306 g/mol. The van der Waals surface area contributed by atoms with Crippen LogP contribution in [0.3, 0.4) is 0 Å². The first-order chi connectivity index (χ1) is 11.1. The van der Waals surface area contributed by atoms with Crippen molar-refractivity contribution in [1.29, 1.82) is 0 Å². The van der Waals surface area contributed by atoms with E-state index >= 15 is 0 Å². The SMILES string of the molecule is Cc1ccc2nc(S(=O)C3CCC(C)c4cccnc43)[nH]c2c1. The molecule has 4 rings (SSSR count). The number of aromatic nitrogens is 3. The summed E-state index contributed by atoms with van der Waals surface area (Å²) in [6.45, 7) is 4.25. The van der Waals surface area contributed by atoms with Crippen LogP contribution in [-0.2, 0) is 10.8 Å². The molecule has 0 aliphatic heterocycles. The van der Waals surface area contributed by atoms with Gasteiger partial charge in [0, 0.05) is 6.20 Å². The third-order valence-corrected chi connectivity index (χ3v) is 6.18. The van der Waals surface area contributed by atoms with E-state index in [4.69, 9.17) is 0 Å². The maximum Gasteiger partial charge on any atom is 0.198 e. The van der Waals surface area contributed by atoms with Gasteiger partial charge in [-0.1, -0.05) is 19.1 Å². The molecule has 1 aliphatic carbocycles. The molecule has 2 aromatic heterocycles. The van der Waals surface area contributed by atoms with Crippen molar-refractivity contribution < 1.29 is 4.21 Å². The second kappa shape index (κ2) is 5.57. The summed E-state index contributed by atoms with van der Waals surface area (Å²) in [4.78, 5) is 12.3. The van der Waals surface area contributed by atoms with Crippen molar-refractivity contribution in [2.24, 2.45) is 0 Å². The summed E-state index contributed by atoms with van der Waals surface area (Å²) in [6, 6.07) is 10.1. The maximum absolute atomic E-state index is 13.1. The highest BCUT2D eigenvalue weighted by Crippen LogP contribution is 2.40. The Morgan fingerprint density at radius 2 is 2.13 bits per heavy atom. The van der Waals surface area contributed by atoms with E-state index in [1.165, 1.54) is 5.56 Å². The summed E-state index contributed by atoms with van der Waals surface area (Å²) in [5.41, 5.74) is 5.17. The van der Waals surface area contributed by atoms with Crippen LogP contribution in [0.1, 0.15) is 47.8 Å². The number of aryl methyl sites for hydroxylation is 1. The van der Waals surface area contributed by atoms with Crippen molar-refractivity contribution >= 4 is 21.8 Å². The van der Waals surface area contributed by atoms with Crippen molar-refractivity contribution in [3.8, 4) is 0 Å². The number of hydrogen-bond acceptors (Lipinski definition) is 3. The highest BCUT2D eigenvalue weighted by Gasteiger charge is 2.32. The summed E-state index contributed by atoms with van der Waals surface area (Å²) < 4.78 is 13.1. The van der Waals surface area contributed by atoms with Crippen molar-refractivity contribution in [2.75, 3.05) is 0 Å². The zero-order valence-electron chi connectivity index (χ0n) is 13.2. The van der Waals surface area contributed by atoms with Gasteiger partial charge in [-0.15, -0.1) is 0 Å². The number of nitrogens with zero attached hydrogens (tertiary/aromatic N) is 2. The Bertz CT molecular complexity index is 902. The molecule has 23 heavy (non-hydrogen) atoms. The molecule has 0 radical (unpaired) electrons. The van der Waals surface area contributed by atoms with E-state index in [1.807, 2.05) is 31.2 Å². The van der Waals surface area contributed by atoms with Gasteiger partial charge in [0.05, 0.1) is 32.8 Å². The van der Waals surface area contributed by atoms with Gasteiger partial charge in [-0.25, -0.2) is 4.98 Å². The Hall–Kier alpha value is -2.01. The molecule has 118 valence electrons. The molecule has 3 unspecified atom stereocenters. The van der Waals surface area contributed by atoms with Crippen LogP contribution < -0.4 is 0 Å². The predicted octanol–water partition coefficient (Wildman–Crippen LogP) is 4.01. The molecule has 1 N–H and O–H groups in total. The van der Waals surface area contributed by atoms with Gasteiger partial charge in [0.15, 0.2) is 5.16 Å². The van der Waals surface area contributed by atoms with Crippen LogP contribution in [0.15, 0.2) is 41.7 Å². The van der Waals surface area contributed by atoms with E-state index in [1.54, 1.807) is 6.20 Å². The van der Waals surface area contributed by atoms with Crippen molar-refractivity contribution in [2.45, 2.75) is 43.0 Å². The maximum atomic E-state index is 13.1. The number of pyridine rings is 1. The van der Waals surface area contributed by atoms with E-state index in [2.05, 4.69) is 27.9 Å². The molecule has 0 bridgehead atoms. The van der Waals surface area contributed by atoms with Gasteiger partial charge in [-0.2, -0.15) is 0 Å². The lowest BCUT2D eigenvalue weighted by Gasteiger charge is -2.27. The van der Waals surface area contributed by atoms with Crippen LogP contribution in [0.25, 0.3) is 11.0 Å². The Labute approximate surface area is 137 Å². The molecule has 0 fully saturated rings. The fraction of sp³-hybridized carbons (Fsp3) is 0.333. The second-order valence-corrected chi connectivity index (χ2v) is 7.86. The quantitative estimate of drug-likeness (QED) is 0.774. The Kier molecular flexibility index (Phi) is 3.53. The summed E-state index contributed by atoms with van der Waals surface area (Å²) in [7, 11) is -1.21. The zero-order valence-corrected chi connectivity index (χ0v) is 14.1. The molecule has 2 heterocycles. The molecule has 5 heteroatoms. The highest BCUT2D eigenvalue weighted by atomic mass is 32.2. The minimum Gasteiger partial charge on any atom is -0.331 e. The summed E-state index contributed by atoms with van der Waals surface area (Å²) >= 11 is 0. The normalized spacial score (nSPS) is 22.0. The largest absolute Gasteiger partial charge is 0.331 e. The number of imidazole rings is 1. The average molecular weight is 325 g/mol. The number of H-pyrrole nitrogens is 1. The monoisotopic (exact) mass is 325 g/mol. The molecule has 4 nitrogen and oxygen atoms in total. The first kappa shape index (κ1) is 14.6. The summed E-state index contributed by atoms with van der Waals surface area (Å²) in [6.07, 6.45) is 3.71. The lowest BCUT2D eigenvalue weighted by atomic mass is 9.87. The molecule has 0 amide bonds. The molecule has 3 aromatic rings. The number of benzene rings is 1. The van der Waals surface area contributed by atoms with Crippen molar-refractivity contribution in [1.82, 2.24) is 15.0 Å². The standard InChI is InChI=1S/C18H19N3OS/c1-11-5-7-14-15(10-11)21-18(20-14)23(22)16-8-6-12(2)13-4-3-9-19-17(13)16/h3-5,7,9-10,12,16H,6,8H2,1-2H3,(H,20,21). The Morgan fingerprint density at radius 1 is 1.26 bits per heavy atom. The molecule has 1 aliphatic rings. The molecule has 1 aromatic carbocycles. The topological polar surface area (TPSA) is 58.6 Å². The number of fused-ring (bicyclic) bond motifs is 2. The van der Waals surface area contributed by atoms with E-state index < -0.39 is 10.8 Å². The van der Waals surface area contributed by atoms with Gasteiger partial charge in [-0.3, -0.25) is 9.19 Å². The van der Waals surface area contributed by atoms with Crippen molar-refractivity contribution in [3.05, 3.63) is 53.3 Å². The first-order valence-corrected chi connectivity index (χ1v) is 9.16. The average Bonchev–Trinajstić information content (AvgIpc) is 2.98. The summed E-state index contributed by atoms with van der Waals surface area (Å²) in [5, 5.41) is 0.478. The second-order valence-electron chi connectivity index (χ2n) is 6.30. The zero-order chi connectivity index (χ0) is 16.0. The number of rotatable bonds is 2. The lowest BCUT2D eigenvalue weighted by molar-refractivity contribution is 0.556. The fourth-order valence-electron chi connectivity index (χ4n) is 3.35. The molecule has 3 atom stereocenters. The van der Waals surface area contributed by atoms with Gasteiger partial charge in [-0.05, 0) is 55.0 Å². The molecular formula is C18H19N3OS. The third-order valence-electron chi connectivity index (χ3n) is 4.63. The van der Waals surface area contributed by atoms with Crippen molar-refractivity contribution in [3.63, 3.8) is 0 Å². The highest BCUT2D eigenvalue weighted by molar-refractivity contribution is 7.85. The van der Waals surface area contributed by atoms with Gasteiger partial charge in [0.1, 0.15) is 0 Å². The first-order valence-electron chi connectivity index (χ1n) is 7.95. The number of aromatic amines is 1. The van der Waals surface area contributed by atoms with Gasteiger partial charge < -0.3 is 4.98 Å². The third kappa shape index (κ3) is 2.49. The minimum absolute atomic E-state index is 0.0796. The Balaban J connectivity index is 1.75. The van der Waals surface area contributed by atoms with Crippen LogP contribution in [0.4, 0.5) is 0 Å². The molecule has 0 saturated heterocycles. The molecule has 0 spiro atoms. The van der Waals surface area contributed by atoms with Crippen LogP contribution in [0.5, 0.6) is 0 Å².